The van der Waals surface area contributed by atoms with Crippen LogP contribution in [-0.2, 0) is 5.41 Å². The average Bonchev–Trinajstić information content (AvgIpc) is 3.39. The van der Waals surface area contributed by atoms with Crippen LogP contribution in [0.2, 0.25) is 0 Å². The number of benzene rings is 5. The van der Waals surface area contributed by atoms with Gasteiger partial charge >= 0.3 is 0 Å². The van der Waals surface area contributed by atoms with Gasteiger partial charge in [0.1, 0.15) is 23.2 Å². The molecule has 2 aliphatic carbocycles. The molecule has 4 heteroatoms. The molecule has 1 N–H and O–H groups in total. The van der Waals surface area contributed by atoms with Gasteiger partial charge in [-0.3, -0.25) is 0 Å². The highest BCUT2D eigenvalue weighted by Crippen LogP contribution is 2.62. The third-order valence-electron chi connectivity index (χ3n) is 9.31. The van der Waals surface area contributed by atoms with Gasteiger partial charge in [-0.2, -0.15) is 0 Å². The molecule has 0 fully saturated rings. The predicted molar refractivity (Wildman–Crippen MR) is 176 cm³/mol. The molecule has 2 aliphatic heterocycles. The highest BCUT2D eigenvalue weighted by atomic mass is 16.5. The van der Waals surface area contributed by atoms with Gasteiger partial charge < -0.3 is 10.1 Å². The van der Waals surface area contributed by atoms with Gasteiger partial charge in [-0.15, -0.1) is 0 Å². The van der Waals surface area contributed by atoms with Gasteiger partial charge in [-0.1, -0.05) is 133 Å². The molecule has 9 rings (SSSR count). The van der Waals surface area contributed by atoms with Crippen LogP contribution in [-0.4, -0.2) is 11.7 Å². The van der Waals surface area contributed by atoms with Gasteiger partial charge in [0.25, 0.3) is 0 Å². The lowest BCUT2D eigenvalue weighted by molar-refractivity contribution is 0.436. The van der Waals surface area contributed by atoms with Gasteiger partial charge in [0.2, 0.25) is 0 Å². The van der Waals surface area contributed by atoms with Crippen molar-refractivity contribution in [3.63, 3.8) is 0 Å². The van der Waals surface area contributed by atoms with Crippen molar-refractivity contribution in [2.75, 3.05) is 0 Å². The normalized spacial score (nSPS) is 19.9. The van der Waals surface area contributed by atoms with Crippen molar-refractivity contribution >= 4 is 11.7 Å². The minimum absolute atomic E-state index is 0.148. The molecule has 0 bridgehead atoms. The number of amidine groups is 2. The molecule has 0 amide bonds. The van der Waals surface area contributed by atoms with Gasteiger partial charge in [0.05, 0.1) is 5.41 Å². The Kier molecular flexibility index (Phi) is 5.57. The summed E-state index contributed by atoms with van der Waals surface area (Å²) in [6.07, 6.45) is 9.18. The van der Waals surface area contributed by atoms with Gasteiger partial charge in [-0.25, -0.2) is 9.98 Å². The van der Waals surface area contributed by atoms with Crippen molar-refractivity contribution in [2.45, 2.75) is 18.0 Å². The summed E-state index contributed by atoms with van der Waals surface area (Å²) in [6.45, 7) is 0. The Balaban J connectivity index is 1.32. The molecule has 2 atom stereocenters. The summed E-state index contributed by atoms with van der Waals surface area (Å²) in [7, 11) is 0. The molecule has 0 radical (unpaired) electrons. The molecule has 44 heavy (non-hydrogen) atoms. The summed E-state index contributed by atoms with van der Waals surface area (Å²) in [6, 6.07) is 42.9. The van der Waals surface area contributed by atoms with E-state index in [0.717, 1.165) is 51.8 Å². The van der Waals surface area contributed by atoms with Crippen LogP contribution in [0.5, 0.6) is 11.5 Å². The number of allylic oxidation sites excluding steroid dienone is 3. The standard InChI is InChI=1S/C40H29N3O/c1-3-14-26(15-4-1)37-41-38(27-16-5-2-6-17-27)43-39(42-37)30-20-13-25-35-36(30)40(33-23-11-12-24-34(33)44-35)31-21-9-7-18-28(31)29-19-8-10-22-32(29)40/h1-16,18-25,27,37H,17H2,(H,41,42,43). The van der Waals surface area contributed by atoms with Gasteiger partial charge in [0.15, 0.2) is 6.17 Å². The maximum absolute atomic E-state index is 6.75. The Morgan fingerprint density at radius 2 is 1.27 bits per heavy atom. The minimum Gasteiger partial charge on any atom is -0.457 e. The molecule has 0 aromatic heterocycles. The fraction of sp³-hybridized carbons (Fsp3) is 0.100. The van der Waals surface area contributed by atoms with Crippen LogP contribution in [0.3, 0.4) is 0 Å². The first-order valence-corrected chi connectivity index (χ1v) is 15.2. The second-order valence-corrected chi connectivity index (χ2v) is 11.7. The van der Waals surface area contributed by atoms with E-state index < -0.39 is 5.41 Å². The zero-order chi connectivity index (χ0) is 29.1. The highest BCUT2D eigenvalue weighted by molar-refractivity contribution is 6.13. The summed E-state index contributed by atoms with van der Waals surface area (Å²) in [5.74, 6) is 3.62. The molecule has 4 nitrogen and oxygen atoms in total. The Bertz CT molecular complexity index is 2020. The lowest BCUT2D eigenvalue weighted by atomic mass is 9.64. The van der Waals surface area contributed by atoms with Crippen LogP contribution in [0.25, 0.3) is 11.1 Å². The summed E-state index contributed by atoms with van der Waals surface area (Å²) in [4.78, 5) is 10.5. The van der Waals surface area contributed by atoms with Crippen LogP contribution >= 0.6 is 0 Å². The Morgan fingerprint density at radius 3 is 2.02 bits per heavy atom. The zero-order valence-corrected chi connectivity index (χ0v) is 24.0. The largest absolute Gasteiger partial charge is 0.457 e. The number of para-hydroxylation sites is 1. The molecule has 2 unspecified atom stereocenters. The van der Waals surface area contributed by atoms with E-state index in [9.17, 15) is 0 Å². The summed E-state index contributed by atoms with van der Waals surface area (Å²) in [5, 5.41) is 3.73. The number of fused-ring (bicyclic) bond motifs is 9. The third kappa shape index (κ3) is 3.58. The van der Waals surface area contributed by atoms with Gasteiger partial charge in [0, 0.05) is 22.6 Å². The van der Waals surface area contributed by atoms with E-state index in [1.54, 1.807) is 0 Å². The summed E-state index contributed by atoms with van der Waals surface area (Å²) >= 11 is 0. The fourth-order valence-electron chi connectivity index (χ4n) is 7.47. The van der Waals surface area contributed by atoms with E-state index in [1.807, 2.05) is 6.07 Å². The molecule has 5 aromatic rings. The molecule has 4 aliphatic rings. The van der Waals surface area contributed by atoms with Crippen LogP contribution < -0.4 is 10.1 Å². The molecular formula is C40H29N3O. The van der Waals surface area contributed by atoms with E-state index in [0.29, 0.717) is 0 Å². The van der Waals surface area contributed by atoms with Crippen molar-refractivity contribution in [1.82, 2.24) is 5.32 Å². The molecule has 5 aromatic carbocycles. The average molecular weight is 568 g/mol. The second-order valence-electron chi connectivity index (χ2n) is 11.7. The molecule has 210 valence electrons. The Labute approximate surface area is 256 Å². The smallest absolute Gasteiger partial charge is 0.169 e. The topological polar surface area (TPSA) is 46.0 Å². The van der Waals surface area contributed by atoms with Crippen molar-refractivity contribution < 1.29 is 4.74 Å². The molecular weight excluding hydrogens is 538 g/mol. The minimum atomic E-state index is -0.581. The maximum atomic E-state index is 6.75. The van der Waals surface area contributed by atoms with E-state index in [-0.39, 0.29) is 12.1 Å². The first kappa shape index (κ1) is 25.1. The van der Waals surface area contributed by atoms with E-state index >= 15 is 0 Å². The Morgan fingerprint density at radius 1 is 0.614 bits per heavy atom. The Hall–Kier alpha value is -5.48. The van der Waals surface area contributed by atoms with Gasteiger partial charge in [-0.05, 0) is 46.4 Å². The van der Waals surface area contributed by atoms with Crippen molar-refractivity contribution in [3.05, 3.63) is 179 Å². The fourth-order valence-corrected chi connectivity index (χ4v) is 7.47. The zero-order valence-electron chi connectivity index (χ0n) is 24.0. The number of rotatable bonds is 3. The van der Waals surface area contributed by atoms with E-state index in [2.05, 4.69) is 145 Å². The third-order valence-corrected chi connectivity index (χ3v) is 9.31. The van der Waals surface area contributed by atoms with Crippen LogP contribution in [0.4, 0.5) is 0 Å². The van der Waals surface area contributed by atoms with Crippen molar-refractivity contribution in [3.8, 4) is 22.6 Å². The lowest BCUT2D eigenvalue weighted by Crippen LogP contribution is -2.42. The number of ether oxygens (including phenoxy) is 1. The molecule has 0 saturated heterocycles. The predicted octanol–water partition coefficient (Wildman–Crippen LogP) is 8.73. The van der Waals surface area contributed by atoms with E-state index in [4.69, 9.17) is 14.7 Å². The molecule has 1 spiro atoms. The van der Waals surface area contributed by atoms with Crippen molar-refractivity contribution in [1.29, 1.82) is 0 Å². The first-order chi connectivity index (χ1) is 21.8. The monoisotopic (exact) mass is 567 g/mol. The van der Waals surface area contributed by atoms with Crippen LogP contribution in [0, 0.1) is 5.92 Å². The first-order valence-electron chi connectivity index (χ1n) is 15.2. The van der Waals surface area contributed by atoms with Crippen LogP contribution in [0.1, 0.15) is 46.0 Å². The number of aliphatic imine (C=N–C) groups is 2. The highest BCUT2D eigenvalue weighted by Gasteiger charge is 2.52. The summed E-state index contributed by atoms with van der Waals surface area (Å²) < 4.78 is 6.75. The van der Waals surface area contributed by atoms with E-state index in [1.165, 1.54) is 22.3 Å². The molecule has 0 saturated carbocycles. The molecule has 2 heterocycles. The second kappa shape index (κ2) is 9.78. The number of nitrogens with one attached hydrogen (secondary N) is 1. The maximum Gasteiger partial charge on any atom is 0.169 e. The van der Waals surface area contributed by atoms with Crippen LogP contribution in [0.15, 0.2) is 156 Å². The SMILES string of the molecule is C1=CCC(C2=NC(c3ccccc3)N=C(c3cccc4c3C3(c5ccccc5O4)c4ccccc4-c4ccccc43)N2)C=C1. The summed E-state index contributed by atoms with van der Waals surface area (Å²) in [5.41, 5.74) is 8.78. The lowest BCUT2D eigenvalue weighted by Gasteiger charge is -2.41. The number of hydrogen-bond donors (Lipinski definition) is 1. The quantitative estimate of drug-likeness (QED) is 0.232. The number of nitrogens with zero attached hydrogens (tertiary/aromatic N) is 2. The van der Waals surface area contributed by atoms with Crippen molar-refractivity contribution in [2.24, 2.45) is 15.9 Å². The number of hydrogen-bond acceptors (Lipinski definition) is 4.